The van der Waals surface area contributed by atoms with E-state index >= 15 is 0 Å². The van der Waals surface area contributed by atoms with Crippen molar-refractivity contribution in [1.29, 1.82) is 0 Å². The van der Waals surface area contributed by atoms with Crippen molar-refractivity contribution in [3.8, 4) is 10.7 Å². The molecule has 0 aliphatic carbocycles. The highest BCUT2D eigenvalue weighted by atomic mass is 32.1. The van der Waals surface area contributed by atoms with E-state index in [2.05, 4.69) is 75.2 Å². The molecule has 0 radical (unpaired) electrons. The van der Waals surface area contributed by atoms with Crippen LogP contribution >= 0.6 is 11.3 Å². The monoisotopic (exact) mass is 452 g/mol. The number of benzene rings is 2. The Morgan fingerprint density at radius 3 is 2.67 bits per heavy atom. The molecule has 4 heterocycles. The van der Waals surface area contributed by atoms with Gasteiger partial charge in [-0.25, -0.2) is 4.98 Å². The molecule has 0 fully saturated rings. The van der Waals surface area contributed by atoms with Crippen LogP contribution in [0.1, 0.15) is 22.4 Å². The fraction of sp³-hybridized carbons (Fsp3) is 0.185. The molecule has 0 amide bonds. The van der Waals surface area contributed by atoms with E-state index in [0.717, 1.165) is 42.2 Å². The fourth-order valence-electron chi connectivity index (χ4n) is 4.75. The molecule has 6 heteroatoms. The molecule has 0 bridgehead atoms. The standard InChI is InChI=1S/C27H24N4OS/c32-27-22-18-30(13-12-23(22)28-26(29-27)25-11-6-14-33-25)16-20-17-31(15-19-7-2-1-3-8-19)24-10-5-4-9-21(20)24/h1-11,14,17H,12-13,15-16,18H2,(H,28,29,32). The minimum absolute atomic E-state index is 0.0143. The van der Waals surface area contributed by atoms with Crippen molar-refractivity contribution in [2.45, 2.75) is 26.1 Å². The van der Waals surface area contributed by atoms with Crippen LogP contribution in [-0.4, -0.2) is 26.0 Å². The number of aromatic amines is 1. The first-order valence-corrected chi connectivity index (χ1v) is 12.1. The Bertz CT molecular complexity index is 1470. The molecule has 0 spiro atoms. The number of nitrogens with zero attached hydrogens (tertiary/aromatic N) is 3. The van der Waals surface area contributed by atoms with Crippen LogP contribution in [0.15, 0.2) is 83.1 Å². The van der Waals surface area contributed by atoms with Gasteiger partial charge in [0.2, 0.25) is 0 Å². The summed E-state index contributed by atoms with van der Waals surface area (Å²) >= 11 is 1.60. The van der Waals surface area contributed by atoms with Gasteiger partial charge in [-0.2, -0.15) is 0 Å². The lowest BCUT2D eigenvalue weighted by molar-refractivity contribution is 0.242. The van der Waals surface area contributed by atoms with Crippen molar-refractivity contribution in [2.75, 3.05) is 6.54 Å². The number of fused-ring (bicyclic) bond motifs is 2. The summed E-state index contributed by atoms with van der Waals surface area (Å²) in [6.07, 6.45) is 3.07. The van der Waals surface area contributed by atoms with Crippen molar-refractivity contribution >= 4 is 22.2 Å². The van der Waals surface area contributed by atoms with Gasteiger partial charge in [-0.3, -0.25) is 9.69 Å². The number of nitrogens with one attached hydrogen (secondary N) is 1. The topological polar surface area (TPSA) is 53.9 Å². The quantitative estimate of drug-likeness (QED) is 0.406. The number of rotatable bonds is 5. The normalized spacial score (nSPS) is 13.9. The van der Waals surface area contributed by atoms with Crippen LogP contribution in [0.5, 0.6) is 0 Å². The van der Waals surface area contributed by atoms with Crippen LogP contribution in [0.4, 0.5) is 0 Å². The molecule has 0 atom stereocenters. The highest BCUT2D eigenvalue weighted by molar-refractivity contribution is 7.13. The van der Waals surface area contributed by atoms with Crippen molar-refractivity contribution in [3.05, 3.63) is 111 Å². The molecular formula is C27H24N4OS. The summed E-state index contributed by atoms with van der Waals surface area (Å²) < 4.78 is 2.33. The third-order valence-electron chi connectivity index (χ3n) is 6.36. The molecule has 3 aromatic heterocycles. The third-order valence-corrected chi connectivity index (χ3v) is 7.24. The summed E-state index contributed by atoms with van der Waals surface area (Å²) in [5.41, 5.74) is 5.55. The number of hydrogen-bond acceptors (Lipinski definition) is 4. The second-order valence-electron chi connectivity index (χ2n) is 8.56. The summed E-state index contributed by atoms with van der Waals surface area (Å²) in [4.78, 5) is 24.0. The highest BCUT2D eigenvalue weighted by Crippen LogP contribution is 2.26. The predicted molar refractivity (Wildman–Crippen MR) is 133 cm³/mol. The number of H-pyrrole nitrogens is 1. The zero-order valence-corrected chi connectivity index (χ0v) is 19.0. The first-order chi connectivity index (χ1) is 16.2. The molecule has 0 unspecified atom stereocenters. The third kappa shape index (κ3) is 3.92. The number of aromatic nitrogens is 3. The Balaban J connectivity index is 1.27. The van der Waals surface area contributed by atoms with Gasteiger partial charge in [-0.05, 0) is 28.6 Å². The van der Waals surface area contributed by atoms with Crippen LogP contribution in [-0.2, 0) is 26.1 Å². The highest BCUT2D eigenvalue weighted by Gasteiger charge is 2.23. The fourth-order valence-corrected chi connectivity index (χ4v) is 5.42. The molecule has 2 aromatic carbocycles. The van der Waals surface area contributed by atoms with Crippen LogP contribution in [0.2, 0.25) is 0 Å². The molecule has 0 saturated heterocycles. The summed E-state index contributed by atoms with van der Waals surface area (Å²) in [5.74, 6) is 0.686. The van der Waals surface area contributed by atoms with Crippen LogP contribution < -0.4 is 5.56 Å². The molecule has 33 heavy (non-hydrogen) atoms. The Kier molecular flexibility index (Phi) is 5.17. The van der Waals surface area contributed by atoms with Gasteiger partial charge in [0.05, 0.1) is 16.1 Å². The first kappa shape index (κ1) is 20.1. The van der Waals surface area contributed by atoms with Crippen molar-refractivity contribution in [1.82, 2.24) is 19.4 Å². The van der Waals surface area contributed by atoms with E-state index in [0.29, 0.717) is 12.4 Å². The maximum Gasteiger partial charge on any atom is 0.255 e. The van der Waals surface area contributed by atoms with E-state index in [1.165, 1.54) is 22.0 Å². The minimum Gasteiger partial charge on any atom is -0.343 e. The van der Waals surface area contributed by atoms with E-state index in [9.17, 15) is 4.79 Å². The Morgan fingerprint density at radius 1 is 0.970 bits per heavy atom. The van der Waals surface area contributed by atoms with E-state index in [-0.39, 0.29) is 5.56 Å². The van der Waals surface area contributed by atoms with Gasteiger partial charge in [0.15, 0.2) is 5.82 Å². The molecule has 0 saturated carbocycles. The number of para-hydroxylation sites is 1. The number of thiophene rings is 1. The molecular weight excluding hydrogens is 428 g/mol. The van der Waals surface area contributed by atoms with E-state index in [1.807, 2.05) is 17.5 Å². The van der Waals surface area contributed by atoms with Crippen molar-refractivity contribution < 1.29 is 0 Å². The average molecular weight is 453 g/mol. The summed E-state index contributed by atoms with van der Waals surface area (Å²) in [6, 6.07) is 23.1. The van der Waals surface area contributed by atoms with Gasteiger partial charge < -0.3 is 9.55 Å². The molecule has 1 N–H and O–H groups in total. The predicted octanol–water partition coefficient (Wildman–Crippen LogP) is 5.06. The lowest BCUT2D eigenvalue weighted by Gasteiger charge is -2.27. The molecule has 1 aliphatic rings. The second kappa shape index (κ2) is 8.46. The van der Waals surface area contributed by atoms with E-state index < -0.39 is 0 Å². The summed E-state index contributed by atoms with van der Waals surface area (Å²) in [5, 5.41) is 3.28. The first-order valence-electron chi connectivity index (χ1n) is 11.2. The Hall–Kier alpha value is -3.48. The molecule has 6 rings (SSSR count). The van der Waals surface area contributed by atoms with Crippen LogP contribution in [0.25, 0.3) is 21.6 Å². The van der Waals surface area contributed by atoms with Gasteiger partial charge in [-0.15, -0.1) is 11.3 Å². The van der Waals surface area contributed by atoms with E-state index in [1.54, 1.807) is 11.3 Å². The molecule has 164 valence electrons. The largest absolute Gasteiger partial charge is 0.343 e. The lowest BCUT2D eigenvalue weighted by atomic mass is 10.1. The zero-order chi connectivity index (χ0) is 22.2. The summed E-state index contributed by atoms with van der Waals surface area (Å²) in [7, 11) is 0. The lowest BCUT2D eigenvalue weighted by Crippen LogP contribution is -2.35. The average Bonchev–Trinajstić information content (AvgIpc) is 3.50. The second-order valence-corrected chi connectivity index (χ2v) is 9.51. The number of hydrogen-bond donors (Lipinski definition) is 1. The van der Waals surface area contributed by atoms with Crippen LogP contribution in [0, 0.1) is 0 Å². The van der Waals surface area contributed by atoms with Crippen molar-refractivity contribution in [3.63, 3.8) is 0 Å². The Labute approximate surface area is 196 Å². The SMILES string of the molecule is O=c1[nH]c(-c2cccs2)nc2c1CN(Cc1cn(Cc3ccccc3)c3ccccc13)CC2. The van der Waals surface area contributed by atoms with Gasteiger partial charge in [0.25, 0.3) is 5.56 Å². The van der Waals surface area contributed by atoms with Gasteiger partial charge in [0, 0.05) is 49.7 Å². The van der Waals surface area contributed by atoms with E-state index in [4.69, 9.17) is 4.98 Å². The Morgan fingerprint density at radius 2 is 1.82 bits per heavy atom. The molecule has 1 aliphatic heterocycles. The van der Waals surface area contributed by atoms with Crippen molar-refractivity contribution in [2.24, 2.45) is 0 Å². The van der Waals surface area contributed by atoms with Gasteiger partial charge >= 0.3 is 0 Å². The smallest absolute Gasteiger partial charge is 0.255 e. The maximum absolute atomic E-state index is 12.9. The molecule has 5 nitrogen and oxygen atoms in total. The zero-order valence-electron chi connectivity index (χ0n) is 18.2. The molecule has 5 aromatic rings. The van der Waals surface area contributed by atoms with Crippen LogP contribution in [0.3, 0.4) is 0 Å². The summed E-state index contributed by atoms with van der Waals surface area (Å²) in [6.45, 7) is 3.18. The van der Waals surface area contributed by atoms with Gasteiger partial charge in [0.1, 0.15) is 0 Å². The van der Waals surface area contributed by atoms with Gasteiger partial charge in [-0.1, -0.05) is 54.6 Å². The maximum atomic E-state index is 12.9. The minimum atomic E-state index is -0.0143.